The molecule has 158 valence electrons. The molecule has 1 aromatic rings. The monoisotopic (exact) mass is 515 g/mol. The van der Waals surface area contributed by atoms with Gasteiger partial charge in [-0.15, -0.1) is 24.0 Å². The van der Waals surface area contributed by atoms with Crippen molar-refractivity contribution in [2.24, 2.45) is 4.99 Å². The maximum Gasteiger partial charge on any atom is 0.246 e. The fraction of sp³-hybridized carbons (Fsp3) is 0.529. The van der Waals surface area contributed by atoms with Crippen LogP contribution >= 0.6 is 24.0 Å². The van der Waals surface area contributed by atoms with Crippen LogP contribution in [0.25, 0.3) is 0 Å². The Labute approximate surface area is 179 Å². The molecule has 0 atom stereocenters. The van der Waals surface area contributed by atoms with Crippen molar-refractivity contribution in [1.29, 1.82) is 0 Å². The molecule has 1 aliphatic rings. The van der Waals surface area contributed by atoms with E-state index >= 15 is 0 Å². The molecule has 1 saturated heterocycles. The van der Waals surface area contributed by atoms with Crippen molar-refractivity contribution >= 4 is 41.5 Å². The third-order valence-corrected chi connectivity index (χ3v) is 3.86. The van der Waals surface area contributed by atoms with E-state index in [9.17, 15) is 18.0 Å². The number of benzene rings is 1. The molecule has 28 heavy (non-hydrogen) atoms. The topological polar surface area (TPSA) is 78.0 Å². The van der Waals surface area contributed by atoms with Crippen molar-refractivity contribution in [3.63, 3.8) is 0 Å². The van der Waals surface area contributed by atoms with Gasteiger partial charge in [-0.3, -0.25) is 9.69 Å². The molecule has 7 nitrogen and oxygen atoms in total. The summed E-state index contributed by atoms with van der Waals surface area (Å²) in [7, 11) is 0. The summed E-state index contributed by atoms with van der Waals surface area (Å²) in [6.45, 7) is 6.80. The normalized spacial score (nSPS) is 14.9. The van der Waals surface area contributed by atoms with Gasteiger partial charge in [-0.2, -0.15) is 0 Å². The average Bonchev–Trinajstić information content (AvgIpc) is 2.67. The maximum absolute atomic E-state index is 13.6. The molecule has 0 radical (unpaired) electrons. The molecule has 0 aromatic heterocycles. The average molecular weight is 515 g/mol. The number of nitrogens with one attached hydrogen (secondary N) is 3. The fourth-order valence-corrected chi connectivity index (χ4v) is 2.46. The van der Waals surface area contributed by atoms with Crippen LogP contribution in [0.3, 0.4) is 0 Å². The number of carbonyl (C=O) groups is 1. The van der Waals surface area contributed by atoms with Crippen molar-refractivity contribution < 1.29 is 22.7 Å². The molecule has 1 aromatic carbocycles. The van der Waals surface area contributed by atoms with E-state index in [2.05, 4.69) is 25.8 Å². The molecule has 1 heterocycles. The van der Waals surface area contributed by atoms with E-state index in [-0.39, 0.29) is 30.5 Å². The lowest BCUT2D eigenvalue weighted by Crippen LogP contribution is -2.44. The van der Waals surface area contributed by atoms with E-state index in [0.717, 1.165) is 45.0 Å². The SMILES string of the molecule is CCNC(=NCC(=O)Nc1ccc(F)c(F)c1F)NCCN1CCOCC1.I. The summed E-state index contributed by atoms with van der Waals surface area (Å²) in [6, 6.07) is 1.70. The minimum absolute atomic E-state index is 0. The third kappa shape index (κ3) is 7.80. The molecule has 1 amide bonds. The van der Waals surface area contributed by atoms with Crippen LogP contribution in [0.1, 0.15) is 6.92 Å². The van der Waals surface area contributed by atoms with Crippen LogP contribution < -0.4 is 16.0 Å². The molecule has 0 saturated carbocycles. The molecule has 11 heteroatoms. The molecule has 1 fully saturated rings. The van der Waals surface area contributed by atoms with Gasteiger partial charge < -0.3 is 20.7 Å². The summed E-state index contributed by atoms with van der Waals surface area (Å²) < 4.78 is 45.0. The van der Waals surface area contributed by atoms with Gasteiger partial charge in [-0.1, -0.05) is 0 Å². The number of aliphatic imine (C=N–C) groups is 1. The van der Waals surface area contributed by atoms with Gasteiger partial charge in [0.2, 0.25) is 5.91 Å². The van der Waals surface area contributed by atoms with Gasteiger partial charge in [0.15, 0.2) is 23.4 Å². The van der Waals surface area contributed by atoms with E-state index in [1.807, 2.05) is 6.92 Å². The smallest absolute Gasteiger partial charge is 0.246 e. The quantitative estimate of drug-likeness (QED) is 0.223. The number of carbonyl (C=O) groups excluding carboxylic acids is 1. The molecule has 0 bridgehead atoms. The van der Waals surface area contributed by atoms with Gasteiger partial charge in [-0.25, -0.2) is 18.2 Å². The summed E-state index contributed by atoms with van der Waals surface area (Å²) in [4.78, 5) is 18.3. The summed E-state index contributed by atoms with van der Waals surface area (Å²) >= 11 is 0. The van der Waals surface area contributed by atoms with Crippen LogP contribution in [0, 0.1) is 17.5 Å². The second kappa shape index (κ2) is 12.8. The minimum atomic E-state index is -1.63. The molecule has 0 unspecified atom stereocenters. The van der Waals surface area contributed by atoms with Gasteiger partial charge in [-0.05, 0) is 19.1 Å². The highest BCUT2D eigenvalue weighted by Crippen LogP contribution is 2.19. The van der Waals surface area contributed by atoms with Crippen LogP contribution in [0.15, 0.2) is 17.1 Å². The first kappa shape index (κ1) is 24.4. The van der Waals surface area contributed by atoms with Crippen LogP contribution in [0.4, 0.5) is 18.9 Å². The van der Waals surface area contributed by atoms with Gasteiger partial charge in [0, 0.05) is 32.7 Å². The summed E-state index contributed by atoms with van der Waals surface area (Å²) in [5.41, 5.74) is -0.431. The molecule has 2 rings (SSSR count). The van der Waals surface area contributed by atoms with Gasteiger partial charge in [0.1, 0.15) is 6.54 Å². The van der Waals surface area contributed by atoms with Crippen molar-refractivity contribution in [3.05, 3.63) is 29.6 Å². The Morgan fingerprint density at radius 1 is 1.18 bits per heavy atom. The number of hydrogen-bond donors (Lipinski definition) is 3. The largest absolute Gasteiger partial charge is 0.379 e. The number of nitrogens with zero attached hydrogens (tertiary/aromatic N) is 2. The first-order valence-electron chi connectivity index (χ1n) is 8.77. The summed E-state index contributed by atoms with van der Waals surface area (Å²) in [5, 5.41) is 8.29. The lowest BCUT2D eigenvalue weighted by molar-refractivity contribution is -0.114. The van der Waals surface area contributed by atoms with Crippen LogP contribution in [0.2, 0.25) is 0 Å². The Morgan fingerprint density at radius 3 is 2.57 bits per heavy atom. The predicted molar refractivity (Wildman–Crippen MR) is 112 cm³/mol. The minimum Gasteiger partial charge on any atom is -0.379 e. The first-order valence-corrected chi connectivity index (χ1v) is 8.77. The van der Waals surface area contributed by atoms with Gasteiger partial charge in [0.25, 0.3) is 0 Å². The number of ether oxygens (including phenoxy) is 1. The zero-order valence-corrected chi connectivity index (χ0v) is 17.9. The van der Waals surface area contributed by atoms with Crippen molar-refractivity contribution in [2.45, 2.75) is 6.92 Å². The van der Waals surface area contributed by atoms with E-state index in [1.165, 1.54) is 0 Å². The highest BCUT2D eigenvalue weighted by atomic mass is 127. The standard InChI is InChI=1S/C17H24F3N5O2.HI/c1-2-21-17(22-5-6-25-7-9-27-10-8-25)23-11-14(26)24-13-4-3-12(18)15(19)16(13)20;/h3-4H,2,5-11H2,1H3,(H,24,26)(H2,21,22,23);1H. The number of rotatable bonds is 7. The van der Waals surface area contributed by atoms with Crippen LogP contribution in [-0.2, 0) is 9.53 Å². The number of guanidine groups is 1. The van der Waals surface area contributed by atoms with Crippen molar-refractivity contribution in [3.8, 4) is 0 Å². The number of morpholine rings is 1. The molecular weight excluding hydrogens is 490 g/mol. The molecule has 3 N–H and O–H groups in total. The van der Waals surface area contributed by atoms with Crippen LogP contribution in [-0.4, -0.2) is 69.2 Å². The van der Waals surface area contributed by atoms with Gasteiger partial charge >= 0.3 is 0 Å². The first-order chi connectivity index (χ1) is 13.0. The Bertz CT molecular complexity index is 672. The number of amides is 1. The highest BCUT2D eigenvalue weighted by Gasteiger charge is 2.15. The lowest BCUT2D eigenvalue weighted by Gasteiger charge is -2.26. The van der Waals surface area contributed by atoms with Gasteiger partial charge in [0.05, 0.1) is 18.9 Å². The molecule has 0 aliphatic carbocycles. The molecule has 1 aliphatic heterocycles. The number of halogens is 4. The Morgan fingerprint density at radius 2 is 1.89 bits per heavy atom. The summed E-state index contributed by atoms with van der Waals surface area (Å²) in [6.07, 6.45) is 0. The highest BCUT2D eigenvalue weighted by molar-refractivity contribution is 14.0. The Balaban J connectivity index is 0.00000392. The lowest BCUT2D eigenvalue weighted by atomic mass is 10.3. The van der Waals surface area contributed by atoms with Crippen molar-refractivity contribution in [1.82, 2.24) is 15.5 Å². The second-order valence-electron chi connectivity index (χ2n) is 5.85. The second-order valence-corrected chi connectivity index (χ2v) is 5.85. The molecular formula is C17H25F3IN5O2. The van der Waals surface area contributed by atoms with Crippen molar-refractivity contribution in [2.75, 3.05) is 57.8 Å². The van der Waals surface area contributed by atoms with E-state index in [1.54, 1.807) is 0 Å². The zero-order chi connectivity index (χ0) is 19.6. The Hall–Kier alpha value is -1.60. The molecule has 0 spiro atoms. The summed E-state index contributed by atoms with van der Waals surface area (Å²) in [5.74, 6) is -4.60. The third-order valence-electron chi connectivity index (χ3n) is 3.86. The Kier molecular flexibility index (Phi) is 11.2. The van der Waals surface area contributed by atoms with E-state index in [0.29, 0.717) is 19.0 Å². The number of hydrogen-bond acceptors (Lipinski definition) is 4. The van der Waals surface area contributed by atoms with E-state index < -0.39 is 29.0 Å². The van der Waals surface area contributed by atoms with Crippen LogP contribution in [0.5, 0.6) is 0 Å². The number of anilines is 1. The van der Waals surface area contributed by atoms with E-state index in [4.69, 9.17) is 4.74 Å². The maximum atomic E-state index is 13.6. The zero-order valence-electron chi connectivity index (χ0n) is 15.6. The predicted octanol–water partition coefficient (Wildman–Crippen LogP) is 1.55. The fourth-order valence-electron chi connectivity index (χ4n) is 2.46.